The van der Waals surface area contributed by atoms with E-state index in [1.807, 2.05) is 0 Å². The van der Waals surface area contributed by atoms with Gasteiger partial charge in [-0.2, -0.15) is 0 Å². The van der Waals surface area contributed by atoms with Crippen LogP contribution >= 0.6 is 0 Å². The molecule has 108 valence electrons. The zero-order valence-electron chi connectivity index (χ0n) is 13.0. The summed E-state index contributed by atoms with van der Waals surface area (Å²) in [5.41, 5.74) is 0.376. The molecule has 1 fully saturated rings. The molecule has 0 aromatic heterocycles. The first kappa shape index (κ1) is 15.9. The molecular formula is C15H32N2O. The maximum absolute atomic E-state index is 5.29. The van der Waals surface area contributed by atoms with Crippen LogP contribution in [0.15, 0.2) is 0 Å². The molecule has 3 nitrogen and oxygen atoms in total. The van der Waals surface area contributed by atoms with E-state index in [2.05, 4.69) is 37.9 Å². The van der Waals surface area contributed by atoms with E-state index in [-0.39, 0.29) is 0 Å². The van der Waals surface area contributed by atoms with E-state index in [0.29, 0.717) is 11.5 Å². The molecule has 2 atom stereocenters. The first-order valence-electron chi connectivity index (χ1n) is 7.51. The highest BCUT2D eigenvalue weighted by atomic mass is 16.5. The Hall–Kier alpha value is -0.120. The molecule has 0 aromatic carbocycles. The van der Waals surface area contributed by atoms with Crippen molar-refractivity contribution in [3.05, 3.63) is 0 Å². The van der Waals surface area contributed by atoms with Crippen molar-refractivity contribution in [2.24, 2.45) is 5.41 Å². The van der Waals surface area contributed by atoms with Crippen molar-refractivity contribution in [2.75, 3.05) is 33.4 Å². The lowest BCUT2D eigenvalue weighted by Gasteiger charge is -2.37. The summed E-state index contributed by atoms with van der Waals surface area (Å²) in [6, 6.07) is 1.31. The Morgan fingerprint density at radius 3 is 2.50 bits per heavy atom. The van der Waals surface area contributed by atoms with Gasteiger partial charge < -0.3 is 10.1 Å². The smallest absolute Gasteiger partial charge is 0.0615 e. The summed E-state index contributed by atoms with van der Waals surface area (Å²) < 4.78 is 5.29. The maximum Gasteiger partial charge on any atom is 0.0615 e. The molecule has 0 saturated heterocycles. The predicted molar refractivity (Wildman–Crippen MR) is 78.0 cm³/mol. The zero-order chi connectivity index (χ0) is 13.6. The van der Waals surface area contributed by atoms with E-state index in [0.717, 1.165) is 32.3 Å². The largest absolute Gasteiger partial charge is 0.383 e. The zero-order valence-corrected chi connectivity index (χ0v) is 13.0. The molecule has 1 saturated carbocycles. The molecule has 1 N–H and O–H groups in total. The maximum atomic E-state index is 5.29. The topological polar surface area (TPSA) is 24.5 Å². The van der Waals surface area contributed by atoms with Gasteiger partial charge in [0.05, 0.1) is 6.61 Å². The molecule has 0 spiro atoms. The summed E-state index contributed by atoms with van der Waals surface area (Å²) in [6.07, 6.45) is 3.97. The van der Waals surface area contributed by atoms with Crippen molar-refractivity contribution in [3.63, 3.8) is 0 Å². The van der Waals surface area contributed by atoms with Crippen LogP contribution in [0.2, 0.25) is 0 Å². The third-order valence-corrected chi connectivity index (χ3v) is 4.27. The minimum atomic E-state index is 0.376. The summed E-state index contributed by atoms with van der Waals surface area (Å²) in [5, 5.41) is 3.69. The van der Waals surface area contributed by atoms with Gasteiger partial charge in [0.2, 0.25) is 0 Å². The Morgan fingerprint density at radius 1 is 1.39 bits per heavy atom. The van der Waals surface area contributed by atoms with Gasteiger partial charge in [-0.15, -0.1) is 0 Å². The van der Waals surface area contributed by atoms with Crippen molar-refractivity contribution in [3.8, 4) is 0 Å². The predicted octanol–water partition coefficient (Wildman–Crippen LogP) is 2.51. The van der Waals surface area contributed by atoms with E-state index in [9.17, 15) is 0 Å². The summed E-state index contributed by atoms with van der Waals surface area (Å²) in [7, 11) is 1.79. The molecule has 0 radical (unpaired) electrons. The third kappa shape index (κ3) is 5.25. The first-order chi connectivity index (χ1) is 8.54. The highest BCUT2D eigenvalue weighted by Gasteiger charge is 2.29. The van der Waals surface area contributed by atoms with Crippen LogP contribution in [0.5, 0.6) is 0 Å². The van der Waals surface area contributed by atoms with Crippen LogP contribution in [0.25, 0.3) is 0 Å². The van der Waals surface area contributed by atoms with Crippen LogP contribution < -0.4 is 5.32 Å². The van der Waals surface area contributed by atoms with Gasteiger partial charge in [0.1, 0.15) is 0 Å². The molecule has 0 aromatic rings. The first-order valence-corrected chi connectivity index (χ1v) is 7.51. The van der Waals surface area contributed by atoms with Crippen molar-refractivity contribution in [1.82, 2.24) is 10.2 Å². The van der Waals surface area contributed by atoms with Gasteiger partial charge in [-0.3, -0.25) is 4.90 Å². The Bertz CT molecular complexity index is 231. The number of nitrogens with one attached hydrogen (secondary N) is 1. The minimum Gasteiger partial charge on any atom is -0.383 e. The molecule has 0 heterocycles. The number of hydrogen-bond acceptors (Lipinski definition) is 3. The molecule has 0 bridgehead atoms. The van der Waals surface area contributed by atoms with Crippen LogP contribution in [0, 0.1) is 5.41 Å². The standard InChI is InChI=1S/C15H32N2O/c1-6-15(4,11-16-14-8-9-14)12-17(7-2)13(3)10-18-5/h13-14,16H,6-12H2,1-5H3. The van der Waals surface area contributed by atoms with Crippen LogP contribution in [-0.4, -0.2) is 50.3 Å². The fourth-order valence-corrected chi connectivity index (χ4v) is 2.39. The van der Waals surface area contributed by atoms with Gasteiger partial charge in [0.15, 0.2) is 0 Å². The fourth-order valence-electron chi connectivity index (χ4n) is 2.39. The fraction of sp³-hybridized carbons (Fsp3) is 1.00. The van der Waals surface area contributed by atoms with Crippen molar-refractivity contribution in [2.45, 2.75) is 59.0 Å². The molecule has 1 rings (SSSR count). The second-order valence-corrected chi connectivity index (χ2v) is 6.19. The number of nitrogens with zero attached hydrogens (tertiary/aromatic N) is 1. The highest BCUT2D eigenvalue weighted by molar-refractivity contribution is 4.87. The van der Waals surface area contributed by atoms with Crippen LogP contribution in [-0.2, 0) is 4.74 Å². The molecule has 1 aliphatic rings. The number of rotatable bonds is 10. The second-order valence-electron chi connectivity index (χ2n) is 6.19. The Kier molecular flexibility index (Phi) is 6.61. The number of hydrogen-bond donors (Lipinski definition) is 1. The van der Waals surface area contributed by atoms with Crippen LogP contribution in [0.1, 0.15) is 47.0 Å². The molecule has 0 amide bonds. The van der Waals surface area contributed by atoms with Crippen LogP contribution in [0.4, 0.5) is 0 Å². The monoisotopic (exact) mass is 256 g/mol. The van der Waals surface area contributed by atoms with Gasteiger partial charge in [-0.25, -0.2) is 0 Å². The third-order valence-electron chi connectivity index (χ3n) is 4.27. The normalized spacial score (nSPS) is 21.0. The molecule has 2 unspecified atom stereocenters. The number of likely N-dealkylation sites (N-methyl/N-ethyl adjacent to an activating group) is 1. The quantitative estimate of drug-likeness (QED) is 0.650. The second kappa shape index (κ2) is 7.46. The van der Waals surface area contributed by atoms with Gasteiger partial charge >= 0.3 is 0 Å². The Labute approximate surface area is 113 Å². The van der Waals surface area contributed by atoms with E-state index in [4.69, 9.17) is 4.74 Å². The SMILES string of the molecule is CCN(CC(C)(CC)CNC1CC1)C(C)COC. The lowest BCUT2D eigenvalue weighted by molar-refractivity contribution is 0.0690. The van der Waals surface area contributed by atoms with Crippen molar-refractivity contribution < 1.29 is 4.74 Å². The summed E-state index contributed by atoms with van der Waals surface area (Å²) in [6.45, 7) is 13.4. The van der Waals surface area contributed by atoms with E-state index < -0.39 is 0 Å². The van der Waals surface area contributed by atoms with Crippen molar-refractivity contribution in [1.29, 1.82) is 0 Å². The minimum absolute atomic E-state index is 0.376. The van der Waals surface area contributed by atoms with Gasteiger partial charge in [-0.1, -0.05) is 20.8 Å². The summed E-state index contributed by atoms with van der Waals surface area (Å²) in [4.78, 5) is 2.54. The summed E-state index contributed by atoms with van der Waals surface area (Å²) in [5.74, 6) is 0. The lowest BCUT2D eigenvalue weighted by Crippen LogP contribution is -2.46. The molecular weight excluding hydrogens is 224 g/mol. The average Bonchev–Trinajstić information content (AvgIpc) is 3.18. The Balaban J connectivity index is 2.45. The highest BCUT2D eigenvalue weighted by Crippen LogP contribution is 2.26. The van der Waals surface area contributed by atoms with Gasteiger partial charge in [-0.05, 0) is 38.1 Å². The molecule has 18 heavy (non-hydrogen) atoms. The van der Waals surface area contributed by atoms with E-state index in [1.54, 1.807) is 7.11 Å². The molecule has 1 aliphatic carbocycles. The van der Waals surface area contributed by atoms with E-state index in [1.165, 1.54) is 19.3 Å². The molecule has 3 heteroatoms. The van der Waals surface area contributed by atoms with Crippen LogP contribution in [0.3, 0.4) is 0 Å². The summed E-state index contributed by atoms with van der Waals surface area (Å²) >= 11 is 0. The van der Waals surface area contributed by atoms with Crippen molar-refractivity contribution >= 4 is 0 Å². The number of methoxy groups -OCH3 is 1. The van der Waals surface area contributed by atoms with Gasteiger partial charge in [0.25, 0.3) is 0 Å². The van der Waals surface area contributed by atoms with E-state index >= 15 is 0 Å². The number of ether oxygens (including phenoxy) is 1. The average molecular weight is 256 g/mol. The Morgan fingerprint density at radius 2 is 2.06 bits per heavy atom. The lowest BCUT2D eigenvalue weighted by atomic mass is 9.86. The molecule has 0 aliphatic heterocycles. The van der Waals surface area contributed by atoms with Gasteiger partial charge in [0, 0.05) is 32.3 Å².